The van der Waals surface area contributed by atoms with Crippen molar-refractivity contribution in [1.29, 1.82) is 0 Å². The van der Waals surface area contributed by atoms with Gasteiger partial charge in [0.1, 0.15) is 0 Å². The van der Waals surface area contributed by atoms with Gasteiger partial charge in [0.25, 0.3) is 0 Å². The zero-order valence-corrected chi connectivity index (χ0v) is 10.5. The lowest BCUT2D eigenvalue weighted by atomic mass is 10.00. The maximum absolute atomic E-state index is 11.8. The topological polar surface area (TPSA) is 68.0 Å². The van der Waals surface area contributed by atoms with Gasteiger partial charge in [0.15, 0.2) is 0 Å². The third-order valence-corrected chi connectivity index (χ3v) is 2.84. The van der Waals surface area contributed by atoms with Crippen LogP contribution in [0.3, 0.4) is 0 Å². The molecule has 0 aliphatic rings. The molecular weight excluding hydrogens is 214 g/mol. The zero-order chi connectivity index (χ0) is 12.7. The molecule has 4 nitrogen and oxygen atoms in total. The zero-order valence-electron chi connectivity index (χ0n) is 10.5. The summed E-state index contributed by atoms with van der Waals surface area (Å²) in [6.07, 6.45) is 3.06. The highest BCUT2D eigenvalue weighted by atomic mass is 16.1. The van der Waals surface area contributed by atoms with Crippen molar-refractivity contribution in [3.05, 3.63) is 30.1 Å². The second-order valence-corrected chi connectivity index (χ2v) is 4.27. The van der Waals surface area contributed by atoms with Crippen molar-refractivity contribution in [2.45, 2.75) is 38.6 Å². The van der Waals surface area contributed by atoms with Gasteiger partial charge in [0.2, 0.25) is 5.91 Å². The van der Waals surface area contributed by atoms with E-state index in [1.165, 1.54) is 0 Å². The van der Waals surface area contributed by atoms with E-state index in [4.69, 9.17) is 5.73 Å². The molecule has 0 aliphatic heterocycles. The minimum atomic E-state index is 0.000237. The Morgan fingerprint density at radius 2 is 2.29 bits per heavy atom. The van der Waals surface area contributed by atoms with Gasteiger partial charge in [-0.05, 0) is 25.5 Å². The van der Waals surface area contributed by atoms with Crippen LogP contribution in [0.15, 0.2) is 24.4 Å². The number of nitrogens with zero attached hydrogens (tertiary/aromatic N) is 1. The Bertz CT molecular complexity index is 340. The summed E-state index contributed by atoms with van der Waals surface area (Å²) in [5.41, 5.74) is 6.58. The Morgan fingerprint density at radius 1 is 1.53 bits per heavy atom. The molecule has 1 heterocycles. The first-order chi connectivity index (χ1) is 8.17. The molecule has 0 fully saturated rings. The van der Waals surface area contributed by atoms with Gasteiger partial charge < -0.3 is 11.1 Å². The van der Waals surface area contributed by atoms with Gasteiger partial charge in [-0.15, -0.1) is 0 Å². The molecule has 4 heteroatoms. The third kappa shape index (κ3) is 4.53. The number of amides is 1. The van der Waals surface area contributed by atoms with Crippen molar-refractivity contribution in [3.63, 3.8) is 0 Å². The Hall–Kier alpha value is -1.42. The first-order valence-electron chi connectivity index (χ1n) is 6.07. The Balaban J connectivity index is 2.56. The molecule has 0 aliphatic carbocycles. The van der Waals surface area contributed by atoms with Crippen LogP contribution in [0.4, 0.5) is 0 Å². The fourth-order valence-corrected chi connectivity index (χ4v) is 1.59. The van der Waals surface area contributed by atoms with Crippen LogP contribution in [0.1, 0.15) is 38.3 Å². The lowest BCUT2D eigenvalue weighted by molar-refractivity contribution is -0.122. The summed E-state index contributed by atoms with van der Waals surface area (Å²) >= 11 is 0. The Kier molecular flexibility index (Phi) is 5.63. The van der Waals surface area contributed by atoms with Crippen molar-refractivity contribution in [3.8, 4) is 0 Å². The van der Waals surface area contributed by atoms with E-state index in [9.17, 15) is 4.79 Å². The van der Waals surface area contributed by atoms with Crippen molar-refractivity contribution < 1.29 is 4.79 Å². The molecular formula is C13H21N3O. The number of aromatic nitrogens is 1. The van der Waals surface area contributed by atoms with Crippen LogP contribution < -0.4 is 11.1 Å². The summed E-state index contributed by atoms with van der Waals surface area (Å²) in [6.45, 7) is 4.48. The number of pyridine rings is 1. The standard InChI is InChI=1S/C13H21N3O/c1-3-10(2)16-13(17)8-11(9-14)12-6-4-5-7-15-12/h4-7,10-11H,3,8-9,14H2,1-2H3,(H,16,17). The van der Waals surface area contributed by atoms with E-state index in [0.29, 0.717) is 13.0 Å². The average Bonchev–Trinajstić information content (AvgIpc) is 2.36. The second-order valence-electron chi connectivity index (χ2n) is 4.27. The van der Waals surface area contributed by atoms with Crippen LogP contribution >= 0.6 is 0 Å². The predicted molar refractivity (Wildman–Crippen MR) is 68.5 cm³/mol. The summed E-state index contributed by atoms with van der Waals surface area (Å²) < 4.78 is 0. The van der Waals surface area contributed by atoms with Crippen LogP contribution in [-0.4, -0.2) is 23.5 Å². The number of nitrogens with one attached hydrogen (secondary N) is 1. The summed E-state index contributed by atoms with van der Waals surface area (Å²) in [7, 11) is 0. The molecule has 1 rings (SSSR count). The summed E-state index contributed by atoms with van der Waals surface area (Å²) in [4.78, 5) is 16.0. The average molecular weight is 235 g/mol. The smallest absolute Gasteiger partial charge is 0.220 e. The molecule has 17 heavy (non-hydrogen) atoms. The van der Waals surface area contributed by atoms with E-state index in [-0.39, 0.29) is 17.9 Å². The number of nitrogens with two attached hydrogens (primary N) is 1. The Labute approximate surface area is 103 Å². The van der Waals surface area contributed by atoms with Gasteiger partial charge >= 0.3 is 0 Å². The molecule has 3 N–H and O–H groups in total. The SMILES string of the molecule is CCC(C)NC(=O)CC(CN)c1ccccn1. The van der Waals surface area contributed by atoms with E-state index in [1.54, 1.807) is 6.20 Å². The van der Waals surface area contributed by atoms with E-state index < -0.39 is 0 Å². The van der Waals surface area contributed by atoms with Gasteiger partial charge in [0, 0.05) is 36.8 Å². The number of hydrogen-bond donors (Lipinski definition) is 2. The lowest BCUT2D eigenvalue weighted by Crippen LogP contribution is -2.34. The maximum atomic E-state index is 11.8. The van der Waals surface area contributed by atoms with Crippen LogP contribution in [0, 0.1) is 0 Å². The number of carbonyl (C=O) groups is 1. The molecule has 2 atom stereocenters. The summed E-state index contributed by atoms with van der Waals surface area (Å²) in [5, 5.41) is 2.94. The fourth-order valence-electron chi connectivity index (χ4n) is 1.59. The van der Waals surface area contributed by atoms with Crippen LogP contribution in [-0.2, 0) is 4.79 Å². The van der Waals surface area contributed by atoms with E-state index in [0.717, 1.165) is 12.1 Å². The van der Waals surface area contributed by atoms with Crippen molar-refractivity contribution in [1.82, 2.24) is 10.3 Å². The van der Waals surface area contributed by atoms with Gasteiger partial charge in [-0.1, -0.05) is 13.0 Å². The molecule has 0 radical (unpaired) electrons. The molecule has 1 aromatic heterocycles. The quantitative estimate of drug-likeness (QED) is 0.783. The van der Waals surface area contributed by atoms with Gasteiger partial charge in [-0.2, -0.15) is 0 Å². The maximum Gasteiger partial charge on any atom is 0.220 e. The van der Waals surface area contributed by atoms with Gasteiger partial charge in [-0.25, -0.2) is 0 Å². The summed E-state index contributed by atoms with van der Waals surface area (Å²) in [5.74, 6) is 0.0423. The predicted octanol–water partition coefficient (Wildman–Crippen LogP) is 1.43. The first-order valence-corrected chi connectivity index (χ1v) is 6.07. The second kappa shape index (κ2) is 7.01. The number of hydrogen-bond acceptors (Lipinski definition) is 3. The molecule has 0 bridgehead atoms. The highest BCUT2D eigenvalue weighted by molar-refractivity contribution is 5.77. The molecule has 94 valence electrons. The molecule has 1 aromatic rings. The van der Waals surface area contributed by atoms with Crippen molar-refractivity contribution in [2.75, 3.05) is 6.54 Å². The van der Waals surface area contributed by atoms with Crippen LogP contribution in [0.5, 0.6) is 0 Å². The molecule has 0 saturated carbocycles. The third-order valence-electron chi connectivity index (χ3n) is 2.84. The minimum Gasteiger partial charge on any atom is -0.354 e. The number of rotatable bonds is 6. The molecule has 0 aromatic carbocycles. The van der Waals surface area contributed by atoms with Crippen molar-refractivity contribution >= 4 is 5.91 Å². The minimum absolute atomic E-state index is 0.000237. The first kappa shape index (κ1) is 13.6. The van der Waals surface area contributed by atoms with Crippen LogP contribution in [0.2, 0.25) is 0 Å². The lowest BCUT2D eigenvalue weighted by Gasteiger charge is -2.16. The molecule has 0 saturated heterocycles. The van der Waals surface area contributed by atoms with E-state index in [1.807, 2.05) is 32.0 Å². The van der Waals surface area contributed by atoms with Gasteiger partial charge in [0.05, 0.1) is 0 Å². The molecule has 2 unspecified atom stereocenters. The van der Waals surface area contributed by atoms with Gasteiger partial charge in [-0.3, -0.25) is 9.78 Å². The van der Waals surface area contributed by atoms with E-state index >= 15 is 0 Å². The fraction of sp³-hybridized carbons (Fsp3) is 0.538. The van der Waals surface area contributed by atoms with Crippen LogP contribution in [0.25, 0.3) is 0 Å². The van der Waals surface area contributed by atoms with Crippen molar-refractivity contribution in [2.24, 2.45) is 5.73 Å². The Morgan fingerprint density at radius 3 is 2.82 bits per heavy atom. The monoisotopic (exact) mass is 235 g/mol. The largest absolute Gasteiger partial charge is 0.354 e. The molecule has 0 spiro atoms. The van der Waals surface area contributed by atoms with E-state index in [2.05, 4.69) is 10.3 Å². The highest BCUT2D eigenvalue weighted by Gasteiger charge is 2.16. The summed E-state index contributed by atoms with van der Waals surface area (Å²) in [6, 6.07) is 5.90. The highest BCUT2D eigenvalue weighted by Crippen LogP contribution is 2.15. The normalized spacial score (nSPS) is 14.1. The molecule has 1 amide bonds. The number of carbonyl (C=O) groups excluding carboxylic acids is 1.